The van der Waals surface area contributed by atoms with Gasteiger partial charge in [0.15, 0.2) is 5.65 Å². The maximum absolute atomic E-state index is 13.1. The summed E-state index contributed by atoms with van der Waals surface area (Å²) < 4.78 is 64.7. The van der Waals surface area contributed by atoms with Crippen LogP contribution in [-0.4, -0.2) is 14.6 Å². The molecule has 0 aliphatic carbocycles. The smallest absolute Gasteiger partial charge is 0.229 e. The molecule has 22 heavy (non-hydrogen) atoms. The van der Waals surface area contributed by atoms with E-state index in [1.54, 1.807) is 0 Å². The molecule has 0 aliphatic rings. The van der Waals surface area contributed by atoms with Gasteiger partial charge in [-0.1, -0.05) is 12.1 Å². The average Bonchev–Trinajstić information content (AvgIpc) is 2.93. The Morgan fingerprint density at radius 2 is 1.68 bits per heavy atom. The highest BCUT2D eigenvalue weighted by Crippen LogP contribution is 2.31. The molecule has 2 aromatic heterocycles. The molecule has 0 amide bonds. The molecule has 8 heteroatoms. The lowest BCUT2D eigenvalue weighted by Gasteiger charge is -2.09. The summed E-state index contributed by atoms with van der Waals surface area (Å²) in [5.74, 6) is 0. The lowest BCUT2D eigenvalue weighted by atomic mass is 10.1. The van der Waals surface area contributed by atoms with Crippen LogP contribution in [0.2, 0.25) is 0 Å². The fourth-order valence-corrected chi connectivity index (χ4v) is 2.07. The monoisotopic (exact) mass is 313 g/mol. The predicted molar refractivity (Wildman–Crippen MR) is 68.4 cm³/mol. The number of hydrogen-bond acceptors (Lipinski definition) is 2. The van der Waals surface area contributed by atoms with Crippen molar-refractivity contribution >= 4 is 5.65 Å². The second-order valence-electron chi connectivity index (χ2n) is 4.54. The fraction of sp³-hybridized carbons (Fsp3) is 0.143. The van der Waals surface area contributed by atoms with Crippen LogP contribution in [0.5, 0.6) is 0 Å². The Bertz CT molecular complexity index is 805. The summed E-state index contributed by atoms with van der Waals surface area (Å²) in [4.78, 5) is 4.13. The third kappa shape index (κ3) is 2.51. The lowest BCUT2D eigenvalue weighted by Crippen LogP contribution is -2.05. The molecule has 3 nitrogen and oxygen atoms in total. The molecule has 3 aromatic rings. The molecule has 114 valence electrons. The molecule has 0 saturated carbocycles. The van der Waals surface area contributed by atoms with Gasteiger partial charge >= 0.3 is 6.18 Å². The summed E-state index contributed by atoms with van der Waals surface area (Å²) >= 11 is 0. The molecule has 0 aliphatic heterocycles. The van der Waals surface area contributed by atoms with Gasteiger partial charge in [-0.2, -0.15) is 18.3 Å². The van der Waals surface area contributed by atoms with Crippen molar-refractivity contribution in [2.45, 2.75) is 12.6 Å². The number of halogens is 5. The summed E-state index contributed by atoms with van der Waals surface area (Å²) in [6.07, 6.45) is -5.90. The van der Waals surface area contributed by atoms with Crippen LogP contribution in [0.25, 0.3) is 16.9 Å². The minimum atomic E-state index is -4.45. The van der Waals surface area contributed by atoms with Crippen LogP contribution in [0.1, 0.15) is 17.7 Å². The number of rotatable bonds is 2. The second-order valence-corrected chi connectivity index (χ2v) is 4.54. The number of fused-ring (bicyclic) bond motifs is 1. The summed E-state index contributed by atoms with van der Waals surface area (Å²) in [7, 11) is 0. The van der Waals surface area contributed by atoms with Gasteiger partial charge in [0, 0.05) is 11.6 Å². The van der Waals surface area contributed by atoms with Crippen molar-refractivity contribution < 1.29 is 22.0 Å². The molecule has 3 rings (SSSR count). The van der Waals surface area contributed by atoms with Crippen molar-refractivity contribution in [3.05, 3.63) is 53.9 Å². The van der Waals surface area contributed by atoms with Crippen molar-refractivity contribution in [1.29, 1.82) is 0 Å². The number of hydrogen-bond donors (Lipinski definition) is 0. The highest BCUT2D eigenvalue weighted by molar-refractivity contribution is 5.63. The number of alkyl halides is 5. The first-order valence-electron chi connectivity index (χ1n) is 6.17. The maximum atomic E-state index is 13.1. The summed E-state index contributed by atoms with van der Waals surface area (Å²) in [6.45, 7) is 0. The zero-order chi connectivity index (χ0) is 15.9. The van der Waals surface area contributed by atoms with Gasteiger partial charge in [0.2, 0.25) is 0 Å². The van der Waals surface area contributed by atoms with E-state index in [1.807, 2.05) is 0 Å². The quantitative estimate of drug-likeness (QED) is 0.658. The largest absolute Gasteiger partial charge is 0.416 e. The average molecular weight is 313 g/mol. The van der Waals surface area contributed by atoms with Crippen molar-refractivity contribution in [3.63, 3.8) is 0 Å². The van der Waals surface area contributed by atoms with E-state index in [9.17, 15) is 22.0 Å². The maximum Gasteiger partial charge on any atom is 0.416 e. The Labute approximate surface area is 121 Å². The van der Waals surface area contributed by atoms with Crippen molar-refractivity contribution in [3.8, 4) is 11.3 Å². The van der Waals surface area contributed by atoms with Gasteiger partial charge in [-0.25, -0.2) is 18.3 Å². The predicted octanol–water partition coefficient (Wildman–Crippen LogP) is 4.35. The molecule has 1 aromatic carbocycles. The standard InChI is InChI=1S/C14H8F5N3/c15-13(16)11-7-10(21-12-5-6-20-22(11)12)8-1-3-9(4-2-8)14(17,18)19/h1-7,13H. The number of aromatic nitrogens is 3. The first-order valence-corrected chi connectivity index (χ1v) is 6.17. The molecule has 0 fully saturated rings. The Hall–Kier alpha value is -2.51. The van der Waals surface area contributed by atoms with Crippen LogP contribution in [0.3, 0.4) is 0 Å². The van der Waals surface area contributed by atoms with Gasteiger partial charge in [0.1, 0.15) is 5.69 Å². The van der Waals surface area contributed by atoms with Crippen molar-refractivity contribution in [1.82, 2.24) is 14.6 Å². The molecule has 0 bridgehead atoms. The van der Waals surface area contributed by atoms with Crippen LogP contribution in [0.4, 0.5) is 22.0 Å². The van der Waals surface area contributed by atoms with Crippen LogP contribution >= 0.6 is 0 Å². The van der Waals surface area contributed by atoms with Crippen LogP contribution < -0.4 is 0 Å². The zero-order valence-electron chi connectivity index (χ0n) is 10.9. The summed E-state index contributed by atoms with van der Waals surface area (Å²) in [5, 5.41) is 3.75. The number of benzene rings is 1. The summed E-state index contributed by atoms with van der Waals surface area (Å²) in [5.41, 5.74) is -0.496. The Morgan fingerprint density at radius 3 is 2.27 bits per heavy atom. The van der Waals surface area contributed by atoms with Crippen LogP contribution in [0.15, 0.2) is 42.6 Å². The van der Waals surface area contributed by atoms with Gasteiger partial charge in [-0.3, -0.25) is 0 Å². The fourth-order valence-electron chi connectivity index (χ4n) is 2.07. The molecule has 0 atom stereocenters. The highest BCUT2D eigenvalue weighted by Gasteiger charge is 2.30. The molecule has 0 spiro atoms. The molecule has 0 unspecified atom stereocenters. The van der Waals surface area contributed by atoms with Gasteiger partial charge in [0.25, 0.3) is 6.43 Å². The third-order valence-corrected chi connectivity index (χ3v) is 3.12. The first-order chi connectivity index (χ1) is 10.4. The van der Waals surface area contributed by atoms with Crippen LogP contribution in [0, 0.1) is 0 Å². The minimum absolute atomic E-state index is 0.164. The lowest BCUT2D eigenvalue weighted by molar-refractivity contribution is -0.137. The van der Waals surface area contributed by atoms with Crippen molar-refractivity contribution in [2.75, 3.05) is 0 Å². The van der Waals surface area contributed by atoms with Crippen LogP contribution in [-0.2, 0) is 6.18 Å². The van der Waals surface area contributed by atoms with Gasteiger partial charge in [-0.15, -0.1) is 0 Å². The first kappa shape index (κ1) is 14.4. The molecular weight excluding hydrogens is 305 g/mol. The summed E-state index contributed by atoms with van der Waals surface area (Å²) in [6, 6.07) is 6.74. The molecule has 0 saturated heterocycles. The van der Waals surface area contributed by atoms with E-state index in [0.29, 0.717) is 5.56 Å². The van der Waals surface area contributed by atoms with E-state index in [2.05, 4.69) is 10.1 Å². The molecule has 2 heterocycles. The van der Waals surface area contributed by atoms with Gasteiger partial charge in [0.05, 0.1) is 17.5 Å². The minimum Gasteiger partial charge on any atom is -0.229 e. The van der Waals surface area contributed by atoms with E-state index in [-0.39, 0.29) is 17.0 Å². The van der Waals surface area contributed by atoms with Gasteiger partial charge in [-0.05, 0) is 18.2 Å². The van der Waals surface area contributed by atoms with E-state index >= 15 is 0 Å². The SMILES string of the molecule is FC(F)c1cc(-c2ccc(C(F)(F)F)cc2)nc2ccnn12. The van der Waals surface area contributed by atoms with E-state index < -0.39 is 18.2 Å². The van der Waals surface area contributed by atoms with E-state index in [0.717, 1.165) is 22.7 Å². The topological polar surface area (TPSA) is 30.2 Å². The molecular formula is C14H8F5N3. The van der Waals surface area contributed by atoms with E-state index in [4.69, 9.17) is 0 Å². The Balaban J connectivity index is 2.10. The Kier molecular flexibility index (Phi) is 3.31. The second kappa shape index (κ2) is 5.04. The molecule has 0 N–H and O–H groups in total. The normalized spacial score (nSPS) is 12.3. The van der Waals surface area contributed by atoms with Crippen molar-refractivity contribution in [2.24, 2.45) is 0 Å². The Morgan fingerprint density at radius 1 is 1.00 bits per heavy atom. The zero-order valence-corrected chi connectivity index (χ0v) is 10.9. The number of nitrogens with zero attached hydrogens (tertiary/aromatic N) is 3. The highest BCUT2D eigenvalue weighted by atomic mass is 19.4. The van der Waals surface area contributed by atoms with E-state index in [1.165, 1.54) is 24.4 Å². The molecule has 0 radical (unpaired) electrons. The third-order valence-electron chi connectivity index (χ3n) is 3.12. The van der Waals surface area contributed by atoms with Gasteiger partial charge < -0.3 is 0 Å².